The first kappa shape index (κ1) is 25.5. The average Bonchev–Trinajstić information content (AvgIpc) is 2.67. The van der Waals surface area contributed by atoms with Crippen LogP contribution in [0.2, 0.25) is 0 Å². The van der Waals surface area contributed by atoms with Gasteiger partial charge in [-0.3, -0.25) is 4.79 Å². The number of alkyl halides is 13. The van der Waals surface area contributed by atoms with Crippen LogP contribution in [0.4, 0.5) is 57.1 Å². The van der Waals surface area contributed by atoms with Gasteiger partial charge in [0.15, 0.2) is 5.43 Å². The third-order valence-corrected chi connectivity index (χ3v) is 4.26. The molecule has 0 saturated heterocycles. The number of aromatic nitrogens is 1. The van der Waals surface area contributed by atoms with E-state index in [2.05, 4.69) is 0 Å². The lowest BCUT2D eigenvalue weighted by Crippen LogP contribution is -2.69. The summed E-state index contributed by atoms with van der Waals surface area (Å²) in [4.78, 5) is 11.0. The Morgan fingerprint density at radius 2 is 0.938 bits per heavy atom. The lowest BCUT2D eigenvalue weighted by atomic mass is 9.90. The average molecular weight is 489 g/mol. The number of halogens is 13. The van der Waals surface area contributed by atoms with E-state index in [1.807, 2.05) is 0 Å². The topological polar surface area (TPSA) is 22.0 Å². The standard InChI is InChI=1S/C17H8F13NO/c18-12(19,9-1-3-10(4-2-9)31-7-5-11(32)6-8-31)13(20,21)14(22,23)15(24,25)16(26,27)17(28,29)30/h1-8H. The van der Waals surface area contributed by atoms with Crippen molar-refractivity contribution in [1.29, 1.82) is 0 Å². The van der Waals surface area contributed by atoms with Gasteiger partial charge in [-0.25, -0.2) is 0 Å². The minimum absolute atomic E-state index is 0.0392. The van der Waals surface area contributed by atoms with Gasteiger partial charge in [-0.1, -0.05) is 12.1 Å². The first-order chi connectivity index (χ1) is 14.2. The zero-order valence-corrected chi connectivity index (χ0v) is 14.9. The van der Waals surface area contributed by atoms with E-state index in [-0.39, 0.29) is 17.8 Å². The van der Waals surface area contributed by atoms with Crippen LogP contribution in [0.15, 0.2) is 53.6 Å². The van der Waals surface area contributed by atoms with Gasteiger partial charge in [-0.05, 0) is 12.1 Å². The van der Waals surface area contributed by atoms with Gasteiger partial charge in [-0.15, -0.1) is 0 Å². The summed E-state index contributed by atoms with van der Waals surface area (Å²) in [5.41, 5.74) is -2.69. The van der Waals surface area contributed by atoms with Crippen LogP contribution in [0.3, 0.4) is 0 Å². The first-order valence-corrected chi connectivity index (χ1v) is 7.97. The highest BCUT2D eigenvalue weighted by Gasteiger charge is 2.90. The van der Waals surface area contributed by atoms with Gasteiger partial charge in [0, 0.05) is 35.8 Å². The molecule has 0 bridgehead atoms. The van der Waals surface area contributed by atoms with Gasteiger partial charge >= 0.3 is 35.8 Å². The fourth-order valence-electron chi connectivity index (χ4n) is 2.38. The number of pyridine rings is 1. The van der Waals surface area contributed by atoms with Crippen LogP contribution in [0.5, 0.6) is 0 Å². The van der Waals surface area contributed by atoms with Crippen molar-refractivity contribution < 1.29 is 57.1 Å². The van der Waals surface area contributed by atoms with Crippen molar-refractivity contribution in [3.05, 3.63) is 64.6 Å². The lowest BCUT2D eigenvalue weighted by molar-refractivity contribution is -0.441. The number of hydrogen-bond donors (Lipinski definition) is 0. The highest BCUT2D eigenvalue weighted by atomic mass is 19.4. The van der Waals surface area contributed by atoms with E-state index < -0.39 is 46.8 Å². The summed E-state index contributed by atoms with van der Waals surface area (Å²) >= 11 is 0. The molecule has 1 aromatic carbocycles. The van der Waals surface area contributed by atoms with Crippen LogP contribution in [0.25, 0.3) is 5.69 Å². The molecule has 1 aromatic heterocycles. The molecular weight excluding hydrogens is 481 g/mol. The summed E-state index contributed by atoms with van der Waals surface area (Å²) in [6.45, 7) is 0. The molecule has 2 rings (SSSR count). The molecule has 2 nitrogen and oxygen atoms in total. The van der Waals surface area contributed by atoms with Crippen LogP contribution in [-0.2, 0) is 5.92 Å². The van der Waals surface area contributed by atoms with Gasteiger partial charge in [0.1, 0.15) is 0 Å². The predicted molar refractivity (Wildman–Crippen MR) is 81.8 cm³/mol. The minimum atomic E-state index is -7.94. The maximum absolute atomic E-state index is 14.1. The van der Waals surface area contributed by atoms with E-state index in [9.17, 15) is 61.9 Å². The Kier molecular flexibility index (Phi) is 5.90. The highest BCUT2D eigenvalue weighted by molar-refractivity contribution is 5.37. The Balaban J connectivity index is 2.51. The second-order valence-electron chi connectivity index (χ2n) is 6.36. The van der Waals surface area contributed by atoms with Crippen molar-refractivity contribution in [2.45, 2.75) is 35.8 Å². The molecule has 0 saturated carbocycles. The van der Waals surface area contributed by atoms with Gasteiger partial charge in [0.05, 0.1) is 0 Å². The Bertz CT molecular complexity index is 1000. The maximum Gasteiger partial charge on any atom is 0.460 e. The molecule has 0 aliphatic carbocycles. The molecule has 15 heteroatoms. The Labute approximate surface area is 168 Å². The quantitative estimate of drug-likeness (QED) is 0.455. The molecule has 0 fully saturated rings. The molecule has 178 valence electrons. The molecule has 0 atom stereocenters. The van der Waals surface area contributed by atoms with E-state index in [1.165, 1.54) is 0 Å². The second kappa shape index (κ2) is 7.40. The van der Waals surface area contributed by atoms with Crippen LogP contribution >= 0.6 is 0 Å². The minimum Gasteiger partial charge on any atom is -0.324 e. The number of hydrogen-bond acceptors (Lipinski definition) is 1. The third kappa shape index (κ3) is 3.60. The summed E-state index contributed by atoms with van der Waals surface area (Å²) in [5, 5.41) is 0. The fourth-order valence-corrected chi connectivity index (χ4v) is 2.38. The van der Waals surface area contributed by atoms with Gasteiger partial charge in [0.2, 0.25) is 0 Å². The smallest absolute Gasteiger partial charge is 0.324 e. The highest BCUT2D eigenvalue weighted by Crippen LogP contribution is 2.62. The molecular formula is C17H8F13NO. The Hall–Kier alpha value is -2.74. The van der Waals surface area contributed by atoms with E-state index in [0.717, 1.165) is 29.1 Å². The number of rotatable bonds is 6. The second-order valence-corrected chi connectivity index (χ2v) is 6.36. The number of nitrogens with zero attached hydrogens (tertiary/aromatic N) is 1. The molecule has 0 amide bonds. The van der Waals surface area contributed by atoms with Crippen molar-refractivity contribution in [3.63, 3.8) is 0 Å². The molecule has 0 radical (unpaired) electrons. The molecule has 0 aliphatic rings. The largest absolute Gasteiger partial charge is 0.460 e. The molecule has 32 heavy (non-hydrogen) atoms. The maximum atomic E-state index is 14.1. The van der Waals surface area contributed by atoms with Gasteiger partial charge in [-0.2, -0.15) is 57.1 Å². The van der Waals surface area contributed by atoms with Crippen molar-refractivity contribution in [2.24, 2.45) is 0 Å². The van der Waals surface area contributed by atoms with Crippen LogP contribution < -0.4 is 5.43 Å². The third-order valence-electron chi connectivity index (χ3n) is 4.26. The summed E-state index contributed by atoms with van der Waals surface area (Å²) in [7, 11) is 0. The normalized spacial score (nSPS) is 14.5. The van der Waals surface area contributed by atoms with E-state index in [4.69, 9.17) is 0 Å². The van der Waals surface area contributed by atoms with Crippen LogP contribution in [-0.4, -0.2) is 34.4 Å². The summed E-state index contributed by atoms with van der Waals surface area (Å²) in [6, 6.07) is 3.23. The molecule has 0 aliphatic heterocycles. The van der Waals surface area contributed by atoms with Crippen molar-refractivity contribution in [1.82, 2.24) is 4.57 Å². The number of benzene rings is 1. The van der Waals surface area contributed by atoms with Crippen molar-refractivity contribution in [3.8, 4) is 5.69 Å². The van der Waals surface area contributed by atoms with Gasteiger partial charge < -0.3 is 4.57 Å². The fraction of sp³-hybridized carbons (Fsp3) is 0.353. The molecule has 0 spiro atoms. The lowest BCUT2D eigenvalue weighted by Gasteiger charge is -2.39. The van der Waals surface area contributed by atoms with Crippen LogP contribution in [0, 0.1) is 0 Å². The zero-order valence-electron chi connectivity index (χ0n) is 14.9. The Morgan fingerprint density at radius 1 is 0.531 bits per heavy atom. The summed E-state index contributed by atoms with van der Waals surface area (Å²) in [5.74, 6) is -37.3. The Morgan fingerprint density at radius 3 is 1.34 bits per heavy atom. The first-order valence-electron chi connectivity index (χ1n) is 7.97. The monoisotopic (exact) mass is 489 g/mol. The SMILES string of the molecule is O=c1ccn(-c2ccc(C(F)(F)C(F)(F)C(F)(F)C(F)(F)C(F)(F)C(F)(F)F)cc2)cc1. The molecule has 0 unspecified atom stereocenters. The molecule has 0 N–H and O–H groups in total. The molecule has 1 heterocycles. The van der Waals surface area contributed by atoms with E-state index >= 15 is 0 Å². The summed E-state index contributed by atoms with van der Waals surface area (Å²) < 4.78 is 173. The van der Waals surface area contributed by atoms with Crippen LogP contribution in [0.1, 0.15) is 5.56 Å². The van der Waals surface area contributed by atoms with Crippen molar-refractivity contribution >= 4 is 0 Å². The summed E-state index contributed by atoms with van der Waals surface area (Å²) in [6.07, 6.45) is -5.29. The predicted octanol–water partition coefficient (Wildman–Crippen LogP) is 6.03. The molecule has 2 aromatic rings. The van der Waals surface area contributed by atoms with E-state index in [0.29, 0.717) is 12.1 Å². The van der Waals surface area contributed by atoms with E-state index in [1.54, 1.807) is 0 Å². The zero-order chi connectivity index (χ0) is 25.0. The van der Waals surface area contributed by atoms with Gasteiger partial charge in [0.25, 0.3) is 0 Å². The van der Waals surface area contributed by atoms with Crippen molar-refractivity contribution in [2.75, 3.05) is 0 Å².